The van der Waals surface area contributed by atoms with Gasteiger partial charge in [-0.25, -0.2) is 0 Å². The molecule has 0 spiro atoms. The quantitative estimate of drug-likeness (QED) is 0.644. The van der Waals surface area contributed by atoms with Crippen LogP contribution < -0.4 is 20.1 Å². The van der Waals surface area contributed by atoms with Crippen LogP contribution in [0.3, 0.4) is 0 Å². The van der Waals surface area contributed by atoms with Crippen LogP contribution >= 0.6 is 0 Å². The van der Waals surface area contributed by atoms with E-state index in [4.69, 9.17) is 9.47 Å². The Morgan fingerprint density at radius 2 is 2.17 bits per heavy atom. The summed E-state index contributed by atoms with van der Waals surface area (Å²) in [4.78, 5) is 4.34. The number of fused-ring (bicyclic) bond motifs is 1. The molecule has 0 amide bonds. The van der Waals surface area contributed by atoms with Crippen LogP contribution in [0.5, 0.6) is 11.5 Å². The minimum Gasteiger partial charge on any atom is -0.494 e. The maximum atomic E-state index is 5.94. The SMILES string of the molecule is CCOc1cc2c(cc1C1CC1NC(=NC)NC1CC1)OC(C)C2. The van der Waals surface area contributed by atoms with E-state index in [0.29, 0.717) is 24.6 Å². The van der Waals surface area contributed by atoms with Crippen LogP contribution in [0.1, 0.15) is 50.2 Å². The number of ether oxygens (including phenoxy) is 2. The first-order valence-corrected chi connectivity index (χ1v) is 9.14. The summed E-state index contributed by atoms with van der Waals surface area (Å²) in [7, 11) is 1.84. The number of guanidine groups is 1. The zero-order valence-corrected chi connectivity index (χ0v) is 14.8. The molecule has 4 rings (SSSR count). The van der Waals surface area contributed by atoms with Crippen LogP contribution in [-0.2, 0) is 6.42 Å². The monoisotopic (exact) mass is 329 g/mol. The van der Waals surface area contributed by atoms with Gasteiger partial charge in [-0.15, -0.1) is 0 Å². The number of aliphatic imine (C=N–C) groups is 1. The van der Waals surface area contributed by atoms with E-state index < -0.39 is 0 Å². The molecule has 5 heteroatoms. The van der Waals surface area contributed by atoms with Gasteiger partial charge in [-0.3, -0.25) is 4.99 Å². The summed E-state index contributed by atoms with van der Waals surface area (Å²) in [6.07, 6.45) is 4.85. The Kier molecular flexibility index (Phi) is 4.02. The molecule has 2 saturated carbocycles. The number of hydrogen-bond donors (Lipinski definition) is 2. The molecular weight excluding hydrogens is 302 g/mol. The Hall–Kier alpha value is -1.91. The fraction of sp³-hybridized carbons (Fsp3) is 0.632. The lowest BCUT2D eigenvalue weighted by Crippen LogP contribution is -2.40. The van der Waals surface area contributed by atoms with Crippen LogP contribution in [0.15, 0.2) is 17.1 Å². The number of hydrogen-bond acceptors (Lipinski definition) is 3. The fourth-order valence-electron chi connectivity index (χ4n) is 3.49. The Morgan fingerprint density at radius 3 is 2.88 bits per heavy atom. The minimum atomic E-state index is 0.263. The van der Waals surface area contributed by atoms with Crippen LogP contribution in [0.2, 0.25) is 0 Å². The molecule has 24 heavy (non-hydrogen) atoms. The van der Waals surface area contributed by atoms with Gasteiger partial charge in [0.25, 0.3) is 0 Å². The first-order valence-electron chi connectivity index (χ1n) is 9.14. The fourth-order valence-corrected chi connectivity index (χ4v) is 3.49. The molecule has 2 aliphatic carbocycles. The Balaban J connectivity index is 1.49. The standard InChI is InChI=1S/C19H27N3O2/c1-4-23-18-8-12-7-11(2)24-17(12)10-15(18)14-9-16(14)22-19(20-3)21-13-5-6-13/h8,10-11,13-14,16H,4-7,9H2,1-3H3,(H2,20,21,22). The van der Waals surface area contributed by atoms with Gasteiger partial charge in [0.15, 0.2) is 5.96 Å². The molecule has 1 aromatic rings. The van der Waals surface area contributed by atoms with E-state index in [1.54, 1.807) is 0 Å². The van der Waals surface area contributed by atoms with Crippen LogP contribution in [0, 0.1) is 0 Å². The van der Waals surface area contributed by atoms with Crippen molar-refractivity contribution in [3.8, 4) is 11.5 Å². The van der Waals surface area contributed by atoms with Gasteiger partial charge in [-0.05, 0) is 45.2 Å². The molecule has 3 atom stereocenters. The number of rotatable bonds is 5. The molecule has 0 bridgehead atoms. The summed E-state index contributed by atoms with van der Waals surface area (Å²) in [6, 6.07) is 5.42. The molecule has 2 fully saturated rings. The highest BCUT2D eigenvalue weighted by molar-refractivity contribution is 5.81. The predicted molar refractivity (Wildman–Crippen MR) is 95.2 cm³/mol. The molecule has 0 aromatic heterocycles. The van der Waals surface area contributed by atoms with Crippen LogP contribution in [-0.4, -0.2) is 37.8 Å². The zero-order valence-electron chi connectivity index (χ0n) is 14.8. The molecule has 0 radical (unpaired) electrons. The maximum absolute atomic E-state index is 5.94. The molecule has 3 aliphatic rings. The molecule has 1 aromatic carbocycles. The van der Waals surface area contributed by atoms with Gasteiger partial charge >= 0.3 is 0 Å². The number of benzene rings is 1. The average Bonchev–Trinajstić information content (AvgIpc) is 3.46. The molecule has 1 heterocycles. The van der Waals surface area contributed by atoms with E-state index in [9.17, 15) is 0 Å². The summed E-state index contributed by atoms with van der Waals surface area (Å²) in [5.41, 5.74) is 2.54. The number of nitrogens with one attached hydrogen (secondary N) is 2. The summed E-state index contributed by atoms with van der Waals surface area (Å²) in [5.74, 6) is 3.45. The topological polar surface area (TPSA) is 54.9 Å². The van der Waals surface area contributed by atoms with Crippen LogP contribution in [0.4, 0.5) is 0 Å². The Morgan fingerprint density at radius 1 is 1.33 bits per heavy atom. The summed E-state index contributed by atoms with van der Waals surface area (Å²) in [6.45, 7) is 4.85. The van der Waals surface area contributed by atoms with Crippen molar-refractivity contribution in [2.24, 2.45) is 4.99 Å². The third-order valence-electron chi connectivity index (χ3n) is 4.98. The number of nitrogens with zero attached hydrogens (tertiary/aromatic N) is 1. The third-order valence-corrected chi connectivity index (χ3v) is 4.98. The maximum Gasteiger partial charge on any atom is 0.191 e. The van der Waals surface area contributed by atoms with Crippen molar-refractivity contribution in [1.82, 2.24) is 10.6 Å². The van der Waals surface area contributed by atoms with Crippen molar-refractivity contribution < 1.29 is 9.47 Å². The first kappa shape index (κ1) is 15.6. The van der Waals surface area contributed by atoms with E-state index >= 15 is 0 Å². The average molecular weight is 329 g/mol. The lowest BCUT2D eigenvalue weighted by Gasteiger charge is -2.14. The van der Waals surface area contributed by atoms with Crippen molar-refractivity contribution in [3.63, 3.8) is 0 Å². The van der Waals surface area contributed by atoms with Gasteiger partial charge in [0.1, 0.15) is 17.6 Å². The normalized spacial score (nSPS) is 28.1. The molecule has 5 nitrogen and oxygen atoms in total. The summed E-state index contributed by atoms with van der Waals surface area (Å²) in [5, 5.41) is 7.00. The molecular formula is C19H27N3O2. The second kappa shape index (κ2) is 6.19. The van der Waals surface area contributed by atoms with Crippen molar-refractivity contribution in [2.75, 3.05) is 13.7 Å². The third kappa shape index (κ3) is 3.17. The van der Waals surface area contributed by atoms with E-state index in [1.807, 2.05) is 14.0 Å². The molecule has 130 valence electrons. The van der Waals surface area contributed by atoms with E-state index in [0.717, 1.165) is 30.3 Å². The lowest BCUT2D eigenvalue weighted by atomic mass is 10.0. The predicted octanol–water partition coefficient (Wildman–Crippen LogP) is 2.59. The van der Waals surface area contributed by atoms with E-state index in [2.05, 4.69) is 34.7 Å². The highest BCUT2D eigenvalue weighted by Gasteiger charge is 2.42. The highest BCUT2D eigenvalue weighted by atomic mass is 16.5. The Bertz CT molecular complexity index is 654. The van der Waals surface area contributed by atoms with Gasteiger partial charge in [0, 0.05) is 42.6 Å². The highest BCUT2D eigenvalue weighted by Crippen LogP contribution is 2.48. The molecule has 2 N–H and O–H groups in total. The van der Waals surface area contributed by atoms with Gasteiger partial charge < -0.3 is 20.1 Å². The van der Waals surface area contributed by atoms with E-state index in [1.165, 1.54) is 24.0 Å². The second-order valence-electron chi connectivity index (χ2n) is 7.15. The van der Waals surface area contributed by atoms with Gasteiger partial charge in [0.05, 0.1) is 6.61 Å². The second-order valence-corrected chi connectivity index (χ2v) is 7.15. The first-order chi connectivity index (χ1) is 11.7. The van der Waals surface area contributed by atoms with Crippen molar-refractivity contribution in [2.45, 2.75) is 63.6 Å². The van der Waals surface area contributed by atoms with E-state index in [-0.39, 0.29) is 6.10 Å². The van der Waals surface area contributed by atoms with Gasteiger partial charge in [-0.1, -0.05) is 0 Å². The van der Waals surface area contributed by atoms with Crippen molar-refractivity contribution >= 4 is 5.96 Å². The van der Waals surface area contributed by atoms with Crippen molar-refractivity contribution in [3.05, 3.63) is 23.3 Å². The minimum absolute atomic E-state index is 0.263. The van der Waals surface area contributed by atoms with Crippen LogP contribution in [0.25, 0.3) is 0 Å². The molecule has 1 aliphatic heterocycles. The molecule has 0 saturated heterocycles. The Labute approximate surface area is 143 Å². The smallest absolute Gasteiger partial charge is 0.191 e. The van der Waals surface area contributed by atoms with Crippen molar-refractivity contribution in [1.29, 1.82) is 0 Å². The summed E-state index contributed by atoms with van der Waals surface area (Å²) < 4.78 is 11.9. The molecule has 3 unspecified atom stereocenters. The largest absolute Gasteiger partial charge is 0.494 e. The lowest BCUT2D eigenvalue weighted by molar-refractivity contribution is 0.254. The summed E-state index contributed by atoms with van der Waals surface area (Å²) >= 11 is 0. The van der Waals surface area contributed by atoms with Gasteiger partial charge in [-0.2, -0.15) is 0 Å². The van der Waals surface area contributed by atoms with Gasteiger partial charge in [0.2, 0.25) is 0 Å². The zero-order chi connectivity index (χ0) is 16.7.